The normalized spacial score (nSPS) is 21.2. The summed E-state index contributed by atoms with van der Waals surface area (Å²) in [5.41, 5.74) is 8.12. The van der Waals surface area contributed by atoms with Crippen LogP contribution in [0.1, 0.15) is 24.4 Å². The smallest absolute Gasteiger partial charge is 0.0349 e. The number of anilines is 1. The maximum Gasteiger partial charge on any atom is 0.0349 e. The van der Waals surface area contributed by atoms with Crippen LogP contribution in [0.25, 0.3) is 0 Å². The van der Waals surface area contributed by atoms with Crippen molar-refractivity contribution in [1.82, 2.24) is 9.80 Å². The van der Waals surface area contributed by atoms with Gasteiger partial charge in [0, 0.05) is 24.8 Å². The van der Waals surface area contributed by atoms with Gasteiger partial charge in [0.1, 0.15) is 0 Å². The van der Waals surface area contributed by atoms with Crippen LogP contribution in [0, 0.1) is 0 Å². The number of rotatable bonds is 4. The first-order valence-electron chi connectivity index (χ1n) is 6.41. The third kappa shape index (κ3) is 3.20. The molecule has 0 aliphatic carbocycles. The summed E-state index contributed by atoms with van der Waals surface area (Å²) in [7, 11) is 4.26. The molecule has 0 spiro atoms. The van der Waals surface area contributed by atoms with Gasteiger partial charge in [-0.05, 0) is 51.2 Å². The van der Waals surface area contributed by atoms with Crippen LogP contribution >= 0.6 is 0 Å². The van der Waals surface area contributed by atoms with Crippen LogP contribution in [0.5, 0.6) is 0 Å². The van der Waals surface area contributed by atoms with Crippen molar-refractivity contribution in [2.45, 2.75) is 18.9 Å². The molecule has 1 aromatic rings. The van der Waals surface area contributed by atoms with Gasteiger partial charge in [0.15, 0.2) is 0 Å². The molecule has 3 nitrogen and oxygen atoms in total. The molecule has 94 valence electrons. The molecular weight excluding hydrogens is 210 g/mol. The summed E-state index contributed by atoms with van der Waals surface area (Å²) in [6.45, 7) is 3.48. The predicted octanol–water partition coefficient (Wildman–Crippen LogP) is 1.97. The summed E-state index contributed by atoms with van der Waals surface area (Å²) in [6, 6.07) is 8.92. The van der Waals surface area contributed by atoms with E-state index >= 15 is 0 Å². The molecule has 3 heteroatoms. The number of nitrogens with two attached hydrogens (primary N) is 1. The summed E-state index contributed by atoms with van der Waals surface area (Å²) in [5.74, 6) is 0. The Hall–Kier alpha value is -1.06. The minimum absolute atomic E-state index is 0.568. The topological polar surface area (TPSA) is 32.5 Å². The second kappa shape index (κ2) is 5.52. The third-order valence-corrected chi connectivity index (χ3v) is 3.49. The van der Waals surface area contributed by atoms with Crippen molar-refractivity contribution in [3.63, 3.8) is 0 Å². The van der Waals surface area contributed by atoms with Crippen LogP contribution in [-0.4, -0.2) is 43.5 Å². The molecule has 0 saturated carbocycles. The van der Waals surface area contributed by atoms with E-state index in [0.29, 0.717) is 6.04 Å². The number of benzene rings is 1. The van der Waals surface area contributed by atoms with Gasteiger partial charge in [0.25, 0.3) is 0 Å². The fourth-order valence-electron chi connectivity index (χ4n) is 2.57. The highest BCUT2D eigenvalue weighted by Crippen LogP contribution is 2.32. The van der Waals surface area contributed by atoms with E-state index in [-0.39, 0.29) is 0 Å². The molecule has 17 heavy (non-hydrogen) atoms. The van der Waals surface area contributed by atoms with Crippen LogP contribution in [-0.2, 0) is 0 Å². The first-order valence-corrected chi connectivity index (χ1v) is 6.41. The first-order chi connectivity index (χ1) is 8.16. The Morgan fingerprint density at radius 2 is 2.24 bits per heavy atom. The molecule has 0 radical (unpaired) electrons. The second-order valence-electron chi connectivity index (χ2n) is 5.17. The third-order valence-electron chi connectivity index (χ3n) is 3.49. The Morgan fingerprint density at radius 1 is 1.41 bits per heavy atom. The van der Waals surface area contributed by atoms with Crippen LogP contribution < -0.4 is 5.73 Å². The lowest BCUT2D eigenvalue weighted by molar-refractivity contribution is 0.227. The van der Waals surface area contributed by atoms with Gasteiger partial charge in [-0.25, -0.2) is 0 Å². The maximum atomic E-state index is 5.87. The fourth-order valence-corrected chi connectivity index (χ4v) is 2.57. The second-order valence-corrected chi connectivity index (χ2v) is 5.17. The standard InChI is InChI=1S/C14H23N3/c1-16(2)9-10-17-8-4-7-14(17)12-5-3-6-13(15)11-12/h3,5-6,11,14H,4,7-10,15H2,1-2H3. The fraction of sp³-hybridized carbons (Fsp3) is 0.571. The number of likely N-dealkylation sites (N-methyl/N-ethyl adjacent to an activating group) is 1. The van der Waals surface area contributed by atoms with Crippen molar-refractivity contribution in [2.75, 3.05) is 39.5 Å². The van der Waals surface area contributed by atoms with Gasteiger partial charge in [-0.2, -0.15) is 0 Å². The summed E-state index contributed by atoms with van der Waals surface area (Å²) < 4.78 is 0. The van der Waals surface area contributed by atoms with Gasteiger partial charge in [0.05, 0.1) is 0 Å². The monoisotopic (exact) mass is 233 g/mol. The minimum atomic E-state index is 0.568. The van der Waals surface area contributed by atoms with E-state index in [4.69, 9.17) is 5.73 Å². The highest BCUT2D eigenvalue weighted by Gasteiger charge is 2.25. The number of nitrogen functional groups attached to an aromatic ring is 1. The summed E-state index contributed by atoms with van der Waals surface area (Å²) in [5, 5.41) is 0. The molecule has 1 atom stereocenters. The lowest BCUT2D eigenvalue weighted by atomic mass is 10.0. The van der Waals surface area contributed by atoms with Crippen LogP contribution in [0.4, 0.5) is 5.69 Å². The van der Waals surface area contributed by atoms with E-state index in [1.165, 1.54) is 24.9 Å². The quantitative estimate of drug-likeness (QED) is 0.807. The van der Waals surface area contributed by atoms with Crippen molar-refractivity contribution in [3.05, 3.63) is 29.8 Å². The maximum absolute atomic E-state index is 5.87. The van der Waals surface area contributed by atoms with E-state index in [0.717, 1.165) is 18.8 Å². The molecule has 0 aromatic heterocycles. The molecular formula is C14H23N3. The molecule has 0 amide bonds. The van der Waals surface area contributed by atoms with Crippen LogP contribution in [0.2, 0.25) is 0 Å². The summed E-state index contributed by atoms with van der Waals surface area (Å²) in [4.78, 5) is 4.82. The molecule has 1 heterocycles. The number of hydrogen-bond acceptors (Lipinski definition) is 3. The highest BCUT2D eigenvalue weighted by molar-refractivity contribution is 5.41. The van der Waals surface area contributed by atoms with Gasteiger partial charge >= 0.3 is 0 Å². The average Bonchev–Trinajstić information content (AvgIpc) is 2.74. The molecule has 1 fully saturated rings. The Bertz CT molecular complexity index is 362. The van der Waals surface area contributed by atoms with Crippen molar-refractivity contribution >= 4 is 5.69 Å². The molecule has 2 rings (SSSR count). The highest BCUT2D eigenvalue weighted by atomic mass is 15.2. The molecule has 0 bridgehead atoms. The number of likely N-dealkylation sites (tertiary alicyclic amines) is 1. The Kier molecular flexibility index (Phi) is 4.02. The van der Waals surface area contributed by atoms with Gasteiger partial charge < -0.3 is 10.6 Å². The van der Waals surface area contributed by atoms with Crippen LogP contribution in [0.15, 0.2) is 24.3 Å². The lowest BCUT2D eigenvalue weighted by Crippen LogP contribution is -2.31. The Labute approximate surface area is 104 Å². The van der Waals surface area contributed by atoms with E-state index in [2.05, 4.69) is 42.1 Å². The van der Waals surface area contributed by atoms with Gasteiger partial charge in [-0.1, -0.05) is 12.1 Å². The first kappa shape index (κ1) is 12.4. The molecule has 1 aliphatic heterocycles. The molecule has 1 saturated heterocycles. The van der Waals surface area contributed by atoms with Crippen molar-refractivity contribution in [2.24, 2.45) is 0 Å². The SMILES string of the molecule is CN(C)CCN1CCCC1c1cccc(N)c1. The van der Waals surface area contributed by atoms with Crippen molar-refractivity contribution in [1.29, 1.82) is 0 Å². The average molecular weight is 233 g/mol. The zero-order valence-electron chi connectivity index (χ0n) is 10.9. The number of nitrogens with zero attached hydrogens (tertiary/aromatic N) is 2. The van der Waals surface area contributed by atoms with Gasteiger partial charge in [0.2, 0.25) is 0 Å². The van der Waals surface area contributed by atoms with E-state index in [1.54, 1.807) is 0 Å². The van der Waals surface area contributed by atoms with Crippen LogP contribution in [0.3, 0.4) is 0 Å². The van der Waals surface area contributed by atoms with E-state index in [1.807, 2.05) is 6.07 Å². The summed E-state index contributed by atoms with van der Waals surface area (Å²) in [6.07, 6.45) is 2.56. The van der Waals surface area contributed by atoms with E-state index < -0.39 is 0 Å². The van der Waals surface area contributed by atoms with Crippen molar-refractivity contribution in [3.8, 4) is 0 Å². The molecule has 1 aromatic carbocycles. The minimum Gasteiger partial charge on any atom is -0.399 e. The Morgan fingerprint density at radius 3 is 2.94 bits per heavy atom. The largest absolute Gasteiger partial charge is 0.399 e. The molecule has 1 unspecified atom stereocenters. The lowest BCUT2D eigenvalue weighted by Gasteiger charge is -2.26. The zero-order chi connectivity index (χ0) is 12.3. The number of hydrogen-bond donors (Lipinski definition) is 1. The predicted molar refractivity (Wildman–Crippen MR) is 73.0 cm³/mol. The zero-order valence-corrected chi connectivity index (χ0v) is 10.9. The summed E-state index contributed by atoms with van der Waals surface area (Å²) >= 11 is 0. The molecule has 1 aliphatic rings. The van der Waals surface area contributed by atoms with Gasteiger partial charge in [-0.15, -0.1) is 0 Å². The van der Waals surface area contributed by atoms with Gasteiger partial charge in [-0.3, -0.25) is 4.90 Å². The van der Waals surface area contributed by atoms with E-state index in [9.17, 15) is 0 Å². The molecule has 2 N–H and O–H groups in total. The van der Waals surface area contributed by atoms with Crippen molar-refractivity contribution < 1.29 is 0 Å². The Balaban J connectivity index is 2.04.